The molecule has 108 valence electrons. The maximum Gasteiger partial charge on any atom is 0.321 e. The number of carboxylic acids is 1. The van der Waals surface area contributed by atoms with Gasteiger partial charge in [-0.1, -0.05) is 0 Å². The van der Waals surface area contributed by atoms with Gasteiger partial charge >= 0.3 is 12.0 Å². The SMILES string of the molecule is O=C(CN1CC(C(=O)O)C1)NC(=O)NCc1ccco1. The van der Waals surface area contributed by atoms with Crippen LogP contribution in [0.5, 0.6) is 0 Å². The molecule has 1 saturated heterocycles. The molecule has 8 heteroatoms. The Balaban J connectivity index is 1.62. The first-order valence-corrected chi connectivity index (χ1v) is 6.10. The van der Waals surface area contributed by atoms with Crippen molar-refractivity contribution < 1.29 is 23.9 Å². The molecule has 3 amide bonds. The Kier molecular flexibility index (Phi) is 4.36. The summed E-state index contributed by atoms with van der Waals surface area (Å²) < 4.78 is 5.02. The van der Waals surface area contributed by atoms with Gasteiger partial charge in [0.25, 0.3) is 0 Å². The third-order valence-electron chi connectivity index (χ3n) is 2.93. The molecule has 20 heavy (non-hydrogen) atoms. The minimum Gasteiger partial charge on any atom is -0.481 e. The van der Waals surface area contributed by atoms with E-state index in [1.54, 1.807) is 17.0 Å². The Morgan fingerprint density at radius 1 is 1.40 bits per heavy atom. The van der Waals surface area contributed by atoms with Crippen LogP contribution in [0.15, 0.2) is 22.8 Å². The Morgan fingerprint density at radius 3 is 2.75 bits per heavy atom. The fourth-order valence-electron chi connectivity index (χ4n) is 1.85. The highest BCUT2D eigenvalue weighted by atomic mass is 16.4. The second-order valence-electron chi connectivity index (χ2n) is 4.54. The molecule has 0 saturated carbocycles. The number of likely N-dealkylation sites (tertiary alicyclic amines) is 1. The largest absolute Gasteiger partial charge is 0.481 e. The molecule has 3 N–H and O–H groups in total. The van der Waals surface area contributed by atoms with Crippen molar-refractivity contribution in [1.82, 2.24) is 15.5 Å². The standard InChI is InChI=1S/C12H15N3O5/c16-10(7-15-5-8(6-15)11(17)18)14-12(19)13-4-9-2-1-3-20-9/h1-3,8H,4-7H2,(H,17,18)(H2,13,14,16,19). The van der Waals surface area contributed by atoms with Gasteiger partial charge in [-0.15, -0.1) is 0 Å². The van der Waals surface area contributed by atoms with E-state index in [1.807, 2.05) is 0 Å². The van der Waals surface area contributed by atoms with Gasteiger partial charge in [-0.05, 0) is 12.1 Å². The highest BCUT2D eigenvalue weighted by molar-refractivity contribution is 5.95. The predicted octanol–water partition coefficient (Wildman–Crippen LogP) is -0.378. The van der Waals surface area contributed by atoms with Crippen LogP contribution in [0.4, 0.5) is 4.79 Å². The Morgan fingerprint density at radius 2 is 2.15 bits per heavy atom. The van der Waals surface area contributed by atoms with E-state index in [4.69, 9.17) is 9.52 Å². The average Bonchev–Trinajstić information content (AvgIpc) is 2.83. The molecule has 1 aromatic heterocycles. The van der Waals surface area contributed by atoms with Crippen molar-refractivity contribution in [1.29, 1.82) is 0 Å². The van der Waals surface area contributed by atoms with Crippen molar-refractivity contribution in [3.8, 4) is 0 Å². The highest BCUT2D eigenvalue weighted by Crippen LogP contribution is 2.14. The van der Waals surface area contributed by atoms with Crippen LogP contribution in [0.2, 0.25) is 0 Å². The van der Waals surface area contributed by atoms with E-state index in [2.05, 4.69) is 10.6 Å². The summed E-state index contributed by atoms with van der Waals surface area (Å²) in [6.07, 6.45) is 1.49. The average molecular weight is 281 g/mol. The van der Waals surface area contributed by atoms with Crippen molar-refractivity contribution in [3.05, 3.63) is 24.2 Å². The zero-order valence-electron chi connectivity index (χ0n) is 10.7. The number of urea groups is 1. The monoisotopic (exact) mass is 281 g/mol. The van der Waals surface area contributed by atoms with Gasteiger partial charge in [-0.25, -0.2) is 4.79 Å². The molecule has 1 fully saturated rings. The number of hydrogen-bond acceptors (Lipinski definition) is 5. The van der Waals surface area contributed by atoms with Crippen LogP contribution in [0.1, 0.15) is 5.76 Å². The molecule has 0 bridgehead atoms. The second-order valence-corrected chi connectivity index (χ2v) is 4.54. The highest BCUT2D eigenvalue weighted by Gasteiger charge is 2.33. The van der Waals surface area contributed by atoms with Gasteiger partial charge in [-0.3, -0.25) is 19.8 Å². The first-order chi connectivity index (χ1) is 9.54. The number of aliphatic carboxylic acids is 1. The minimum absolute atomic E-state index is 0.0119. The van der Waals surface area contributed by atoms with Crippen molar-refractivity contribution >= 4 is 17.9 Å². The van der Waals surface area contributed by atoms with Crippen LogP contribution in [-0.4, -0.2) is 47.5 Å². The summed E-state index contributed by atoms with van der Waals surface area (Å²) in [6.45, 7) is 0.863. The van der Waals surface area contributed by atoms with Crippen LogP contribution in [0, 0.1) is 5.92 Å². The van der Waals surface area contributed by atoms with Crippen LogP contribution < -0.4 is 10.6 Å². The summed E-state index contributed by atoms with van der Waals surface area (Å²) in [4.78, 5) is 35.2. The lowest BCUT2D eigenvalue weighted by molar-refractivity contribution is -0.148. The fourth-order valence-corrected chi connectivity index (χ4v) is 1.85. The number of furan rings is 1. The number of carbonyl (C=O) groups excluding carboxylic acids is 2. The summed E-state index contributed by atoms with van der Waals surface area (Å²) in [5, 5.41) is 13.3. The van der Waals surface area contributed by atoms with Crippen LogP contribution in [0.25, 0.3) is 0 Å². The number of hydrogen-bond donors (Lipinski definition) is 3. The van der Waals surface area contributed by atoms with E-state index in [1.165, 1.54) is 6.26 Å². The van der Waals surface area contributed by atoms with Gasteiger partial charge in [0, 0.05) is 13.1 Å². The minimum atomic E-state index is -0.863. The first kappa shape index (κ1) is 14.1. The third kappa shape index (κ3) is 3.82. The zero-order valence-corrected chi connectivity index (χ0v) is 10.7. The molecule has 0 aromatic carbocycles. The lowest BCUT2D eigenvalue weighted by atomic mass is 10.0. The van der Waals surface area contributed by atoms with Crippen LogP contribution in [0.3, 0.4) is 0 Å². The number of rotatable bonds is 5. The van der Waals surface area contributed by atoms with Crippen molar-refractivity contribution in [2.45, 2.75) is 6.54 Å². The van der Waals surface area contributed by atoms with Gasteiger partial charge in [0.1, 0.15) is 5.76 Å². The first-order valence-electron chi connectivity index (χ1n) is 6.10. The Hall–Kier alpha value is -2.35. The quantitative estimate of drug-likeness (QED) is 0.678. The fraction of sp³-hybridized carbons (Fsp3) is 0.417. The molecule has 2 heterocycles. The summed E-state index contributed by atoms with van der Waals surface area (Å²) in [5.74, 6) is -1.17. The molecule has 0 aliphatic carbocycles. The van der Waals surface area contributed by atoms with Crippen LogP contribution >= 0.6 is 0 Å². The lowest BCUT2D eigenvalue weighted by Crippen LogP contribution is -2.54. The maximum absolute atomic E-state index is 11.5. The Labute approximate surface area is 114 Å². The van der Waals surface area contributed by atoms with Gasteiger partial charge in [0.2, 0.25) is 5.91 Å². The maximum atomic E-state index is 11.5. The molecular formula is C12H15N3O5. The number of carbonyl (C=O) groups is 3. The molecule has 1 aromatic rings. The number of nitrogens with one attached hydrogen (secondary N) is 2. The van der Waals surface area contributed by atoms with Gasteiger partial charge in [-0.2, -0.15) is 0 Å². The van der Waals surface area contributed by atoms with Gasteiger partial charge in [0.15, 0.2) is 0 Å². The van der Waals surface area contributed by atoms with Crippen molar-refractivity contribution in [2.75, 3.05) is 19.6 Å². The molecule has 2 rings (SSSR count). The molecule has 1 aliphatic rings. The number of nitrogens with zero attached hydrogens (tertiary/aromatic N) is 1. The second kappa shape index (κ2) is 6.20. The molecule has 0 atom stereocenters. The van der Waals surface area contributed by atoms with E-state index in [0.29, 0.717) is 18.8 Å². The molecule has 0 unspecified atom stereocenters. The number of imide groups is 1. The van der Waals surface area contributed by atoms with Gasteiger partial charge in [0.05, 0.1) is 25.3 Å². The van der Waals surface area contributed by atoms with Crippen molar-refractivity contribution in [2.24, 2.45) is 5.92 Å². The Bertz CT molecular complexity index is 493. The van der Waals surface area contributed by atoms with Crippen LogP contribution in [-0.2, 0) is 16.1 Å². The summed E-state index contributed by atoms with van der Waals surface area (Å²) in [5.41, 5.74) is 0. The number of carboxylic acid groups (broad SMARTS) is 1. The molecule has 8 nitrogen and oxygen atoms in total. The topological polar surface area (TPSA) is 112 Å². The lowest BCUT2D eigenvalue weighted by Gasteiger charge is -2.35. The van der Waals surface area contributed by atoms with Gasteiger partial charge < -0.3 is 14.8 Å². The van der Waals surface area contributed by atoms with Crippen molar-refractivity contribution in [3.63, 3.8) is 0 Å². The molecule has 0 spiro atoms. The smallest absolute Gasteiger partial charge is 0.321 e. The molecular weight excluding hydrogens is 266 g/mol. The zero-order chi connectivity index (χ0) is 14.5. The molecule has 0 radical (unpaired) electrons. The van der Waals surface area contributed by atoms with E-state index in [-0.39, 0.29) is 13.1 Å². The predicted molar refractivity (Wildman–Crippen MR) is 66.7 cm³/mol. The summed E-state index contributed by atoms with van der Waals surface area (Å²) in [7, 11) is 0. The number of amides is 3. The summed E-state index contributed by atoms with van der Waals surface area (Å²) >= 11 is 0. The normalized spacial score (nSPS) is 15.4. The molecule has 1 aliphatic heterocycles. The van der Waals surface area contributed by atoms with E-state index < -0.39 is 23.8 Å². The van der Waals surface area contributed by atoms with E-state index in [9.17, 15) is 14.4 Å². The summed E-state index contributed by atoms with van der Waals surface area (Å²) in [6, 6.07) is 2.79. The third-order valence-corrected chi connectivity index (χ3v) is 2.93. The van der Waals surface area contributed by atoms with E-state index >= 15 is 0 Å². The van der Waals surface area contributed by atoms with E-state index in [0.717, 1.165) is 0 Å².